The van der Waals surface area contributed by atoms with Crippen molar-refractivity contribution in [1.29, 1.82) is 0 Å². The maximum absolute atomic E-state index is 9.44. The van der Waals surface area contributed by atoms with Gasteiger partial charge >= 0.3 is 16.5 Å². The average Bonchev–Trinajstić information content (AvgIpc) is 3.25. The second-order valence-electron chi connectivity index (χ2n) is 13.8. The molecular formula is C50H55BN3NiO4+2. The minimum atomic E-state index is -1.22. The molecule has 59 heavy (non-hydrogen) atoms. The van der Waals surface area contributed by atoms with E-state index in [9.17, 15) is 4.79 Å². The number of ketones is 1. The Balaban J connectivity index is 0.000000335. The van der Waals surface area contributed by atoms with E-state index in [1.54, 1.807) is 0 Å². The monoisotopic (exact) mass is 830 g/mol. The molecule has 0 aliphatic rings. The van der Waals surface area contributed by atoms with Crippen LogP contribution in [0.1, 0.15) is 37.7 Å². The number of carboxylic acid groups (broad SMARTS) is 1. The number of nitrogens with zero attached hydrogens (tertiary/aromatic N) is 3. The number of rotatable bonds is 12. The van der Waals surface area contributed by atoms with Crippen molar-refractivity contribution >= 4 is 39.7 Å². The van der Waals surface area contributed by atoms with Crippen LogP contribution in [0.5, 0.6) is 0 Å². The first-order chi connectivity index (χ1) is 27.8. The van der Waals surface area contributed by atoms with E-state index in [-0.39, 0.29) is 27.8 Å². The molecule has 0 atom stereocenters. The van der Waals surface area contributed by atoms with Crippen molar-refractivity contribution in [3.8, 4) is 0 Å². The molecule has 3 N–H and O–H groups in total. The third-order valence-electron chi connectivity index (χ3n) is 9.27. The van der Waals surface area contributed by atoms with E-state index in [4.69, 9.17) is 9.90 Å². The summed E-state index contributed by atoms with van der Waals surface area (Å²) in [6, 6.07) is 66.4. The zero-order valence-electron chi connectivity index (χ0n) is 34.1. The van der Waals surface area contributed by atoms with Gasteiger partial charge in [0.05, 0.1) is 0 Å². The van der Waals surface area contributed by atoms with Gasteiger partial charge in [0.15, 0.2) is 0 Å². The Morgan fingerprint density at radius 2 is 0.763 bits per heavy atom. The van der Waals surface area contributed by atoms with Crippen LogP contribution in [-0.4, -0.2) is 45.9 Å². The number of aromatic nitrogens is 2. The molecule has 0 aliphatic heterocycles. The van der Waals surface area contributed by atoms with E-state index in [0.717, 1.165) is 50.8 Å². The first kappa shape index (κ1) is 49.2. The van der Waals surface area contributed by atoms with Gasteiger partial charge in [0.2, 0.25) is 0 Å². The van der Waals surface area contributed by atoms with Gasteiger partial charge in [-0.15, -0.1) is 0 Å². The zero-order valence-corrected chi connectivity index (χ0v) is 35.1. The number of carboxylic acids is 1. The molecule has 0 spiro atoms. The van der Waals surface area contributed by atoms with Crippen molar-refractivity contribution in [2.45, 2.75) is 40.2 Å². The van der Waals surface area contributed by atoms with E-state index < -0.39 is 12.1 Å². The fourth-order valence-corrected chi connectivity index (χ4v) is 6.87. The summed E-state index contributed by atoms with van der Waals surface area (Å²) in [6.45, 7) is 6.98. The van der Waals surface area contributed by atoms with E-state index in [1.165, 1.54) is 41.3 Å². The van der Waals surface area contributed by atoms with Crippen LogP contribution in [0.3, 0.4) is 0 Å². The molecule has 0 saturated carbocycles. The number of aliphatic carboxylic acids is 1. The Labute approximate surface area is 360 Å². The van der Waals surface area contributed by atoms with Crippen molar-refractivity contribution in [3.05, 3.63) is 217 Å². The molecule has 5 aromatic carbocycles. The smallest absolute Gasteiger partial charge is 0.550 e. The Morgan fingerprint density at radius 1 is 0.492 bits per heavy atom. The minimum Gasteiger partial charge on any atom is -0.550 e. The number of hydrogen-bond donors (Lipinski definition) is 0. The Kier molecular flexibility index (Phi) is 23.0. The molecule has 0 amide bonds. The molecule has 305 valence electrons. The fourth-order valence-electron chi connectivity index (χ4n) is 6.87. The molecule has 0 fully saturated rings. The summed E-state index contributed by atoms with van der Waals surface area (Å²) in [4.78, 5) is 29.7. The van der Waals surface area contributed by atoms with Gasteiger partial charge in [-0.25, -0.2) is 0 Å². The first-order valence-corrected chi connectivity index (χ1v) is 19.4. The second kappa shape index (κ2) is 27.6. The van der Waals surface area contributed by atoms with Crippen LogP contribution in [0, 0.1) is 0 Å². The zero-order chi connectivity index (χ0) is 40.6. The molecule has 0 bridgehead atoms. The normalized spacial score (nSPS) is 10.0. The summed E-state index contributed by atoms with van der Waals surface area (Å²) >= 11 is 0. The van der Waals surface area contributed by atoms with Crippen LogP contribution >= 0.6 is 0 Å². The predicted molar refractivity (Wildman–Crippen MR) is 240 cm³/mol. The van der Waals surface area contributed by atoms with Crippen LogP contribution in [0.25, 0.3) is 0 Å². The van der Waals surface area contributed by atoms with Gasteiger partial charge in [0.25, 0.3) is 0 Å². The maximum atomic E-state index is 9.44. The van der Waals surface area contributed by atoms with Gasteiger partial charge in [0, 0.05) is 62.2 Å². The largest absolute Gasteiger partial charge is 3.00 e. The second-order valence-corrected chi connectivity index (χ2v) is 13.8. The quantitative estimate of drug-likeness (QED) is 0.123. The summed E-state index contributed by atoms with van der Waals surface area (Å²) in [5.74, 6) is -0.917. The molecule has 0 unspecified atom stereocenters. The Morgan fingerprint density at radius 3 is 1.03 bits per heavy atom. The van der Waals surface area contributed by atoms with Crippen molar-refractivity contribution in [2.75, 3.05) is 13.1 Å². The molecule has 0 aliphatic carbocycles. The van der Waals surface area contributed by atoms with Crippen LogP contribution in [0.2, 0.25) is 0 Å². The van der Waals surface area contributed by atoms with Crippen LogP contribution in [0.15, 0.2) is 200 Å². The molecule has 1 radical (unpaired) electrons. The van der Waals surface area contributed by atoms with Crippen LogP contribution < -0.4 is 27.0 Å². The fraction of sp³-hybridized carbons (Fsp3) is 0.160. The SMILES string of the molecule is CC(=O)[O-].CC(C)=O.[Ni+3].[OH3+].c1ccc(CN(CCc2ccccn2)CCc2ccccn2)cc1.c1ccc([B-](c2ccccc2)(c2ccccc2)c2ccccc2)cc1. The summed E-state index contributed by atoms with van der Waals surface area (Å²) < 4.78 is 0. The van der Waals surface area contributed by atoms with Gasteiger partial charge in [0.1, 0.15) is 11.9 Å². The summed E-state index contributed by atoms with van der Waals surface area (Å²) in [7, 11) is 0. The predicted octanol–water partition coefficient (Wildman–Crippen LogP) is 5.26. The summed E-state index contributed by atoms with van der Waals surface area (Å²) in [5.41, 5.74) is 9.00. The van der Waals surface area contributed by atoms with Gasteiger partial charge in [-0.3, -0.25) is 14.9 Å². The first-order valence-electron chi connectivity index (χ1n) is 19.4. The van der Waals surface area contributed by atoms with E-state index in [2.05, 4.69) is 191 Å². The number of benzene rings is 5. The molecule has 0 saturated heterocycles. The average molecular weight is 832 g/mol. The van der Waals surface area contributed by atoms with Gasteiger partial charge < -0.3 is 20.2 Å². The molecular weight excluding hydrogens is 776 g/mol. The number of carbonyl (C=O) groups excluding carboxylic acids is 2. The molecule has 7 nitrogen and oxygen atoms in total. The van der Waals surface area contributed by atoms with Crippen molar-refractivity contribution in [2.24, 2.45) is 0 Å². The minimum absolute atomic E-state index is 0. The van der Waals surface area contributed by atoms with Crippen LogP contribution in [0.4, 0.5) is 0 Å². The van der Waals surface area contributed by atoms with E-state index in [0.29, 0.717) is 0 Å². The number of pyridine rings is 2. The summed E-state index contributed by atoms with van der Waals surface area (Å²) in [5, 5.41) is 8.89. The number of Topliss-reactive ketones (excluding diaryl/α,β-unsaturated/α-hetero) is 1. The third-order valence-corrected chi connectivity index (χ3v) is 9.27. The molecule has 7 rings (SSSR count). The number of hydrogen-bond acceptors (Lipinski definition) is 6. The standard InChI is InChI=1S/C24H20B.C21H23N3.C3H6O.C2H4O2.Ni.H2O/c1-5-13-21(14-6-1)25(22-15-7-2-8-16-22,23-17-9-3-10-18-23)24-19-11-4-12-20-24;1-2-8-19(9-3-1)18-24(16-12-20-10-4-6-14-22-20)17-13-21-11-5-7-15-23-21;1-3(2)4;1-2(3)4;;/h1-20H;1-11,14-15H,12-13,16-18H2;1-2H3;1H3,(H,3,4);;1H2/q-1;;;;+3;. The Bertz CT molecular complexity index is 1910. The van der Waals surface area contributed by atoms with Gasteiger partial charge in [-0.2, -0.15) is 21.9 Å². The molecule has 2 heterocycles. The number of carbonyl (C=O) groups is 2. The Hall–Kier alpha value is -5.98. The van der Waals surface area contributed by atoms with Crippen molar-refractivity contribution in [3.63, 3.8) is 0 Å². The van der Waals surface area contributed by atoms with E-state index in [1.807, 2.05) is 24.5 Å². The molecule has 9 heteroatoms. The molecule has 2 aromatic heterocycles. The maximum Gasteiger partial charge on any atom is 3.00 e. The topological polar surface area (TPSA) is 119 Å². The van der Waals surface area contributed by atoms with E-state index >= 15 is 0 Å². The van der Waals surface area contributed by atoms with Crippen molar-refractivity contribution < 1.29 is 36.7 Å². The van der Waals surface area contributed by atoms with Crippen molar-refractivity contribution in [1.82, 2.24) is 14.9 Å². The van der Waals surface area contributed by atoms with Crippen LogP contribution in [-0.2, 0) is 50.9 Å². The van der Waals surface area contributed by atoms with Gasteiger partial charge in [-0.05, 0) is 50.6 Å². The van der Waals surface area contributed by atoms with Gasteiger partial charge in [-0.1, -0.05) is 164 Å². The third kappa shape index (κ3) is 16.8. The summed E-state index contributed by atoms with van der Waals surface area (Å²) in [6.07, 6.45) is 4.45. The molecule has 7 aromatic rings.